The lowest BCUT2D eigenvalue weighted by molar-refractivity contribution is 0.509. The Morgan fingerprint density at radius 2 is 2.06 bits per heavy atom. The standard InChI is InChI=1S/C13H15F2N3/c1-9(2)8-18-6-5-16-13(18)17-10-3-4-11(14)12(15)7-10/h3-7,9H,8H2,1-2H3,(H,16,17). The lowest BCUT2D eigenvalue weighted by atomic mass is 10.2. The molecule has 0 saturated carbocycles. The SMILES string of the molecule is CC(C)Cn1ccnc1Nc1ccc(F)c(F)c1. The lowest BCUT2D eigenvalue weighted by Crippen LogP contribution is -2.07. The molecule has 0 aliphatic carbocycles. The zero-order valence-electron chi connectivity index (χ0n) is 10.3. The Hall–Kier alpha value is -1.91. The Morgan fingerprint density at radius 3 is 2.72 bits per heavy atom. The minimum atomic E-state index is -0.873. The third-order valence-electron chi connectivity index (χ3n) is 2.45. The molecular weight excluding hydrogens is 236 g/mol. The van der Waals surface area contributed by atoms with Gasteiger partial charge in [-0.25, -0.2) is 13.8 Å². The van der Waals surface area contributed by atoms with Crippen molar-refractivity contribution in [2.75, 3.05) is 5.32 Å². The van der Waals surface area contributed by atoms with Crippen molar-refractivity contribution in [2.24, 2.45) is 5.92 Å². The third-order valence-corrected chi connectivity index (χ3v) is 2.45. The molecule has 1 aromatic carbocycles. The van der Waals surface area contributed by atoms with Crippen molar-refractivity contribution in [3.8, 4) is 0 Å². The van der Waals surface area contributed by atoms with Crippen LogP contribution in [-0.2, 0) is 6.54 Å². The van der Waals surface area contributed by atoms with E-state index in [2.05, 4.69) is 24.1 Å². The van der Waals surface area contributed by atoms with Crippen LogP contribution in [0.1, 0.15) is 13.8 Å². The van der Waals surface area contributed by atoms with Crippen LogP contribution in [0.25, 0.3) is 0 Å². The largest absolute Gasteiger partial charge is 0.326 e. The molecular formula is C13H15F2N3. The van der Waals surface area contributed by atoms with Crippen LogP contribution in [0.2, 0.25) is 0 Å². The van der Waals surface area contributed by atoms with Gasteiger partial charge in [0.15, 0.2) is 11.6 Å². The summed E-state index contributed by atoms with van der Waals surface area (Å²) < 4.78 is 27.8. The van der Waals surface area contributed by atoms with E-state index in [0.717, 1.165) is 18.7 Å². The Kier molecular flexibility index (Phi) is 3.60. The molecule has 0 bridgehead atoms. The van der Waals surface area contributed by atoms with Crippen molar-refractivity contribution in [1.29, 1.82) is 0 Å². The van der Waals surface area contributed by atoms with E-state index in [4.69, 9.17) is 0 Å². The van der Waals surface area contributed by atoms with Gasteiger partial charge in [0.1, 0.15) is 0 Å². The number of nitrogens with one attached hydrogen (secondary N) is 1. The fraction of sp³-hybridized carbons (Fsp3) is 0.308. The summed E-state index contributed by atoms with van der Waals surface area (Å²) in [5.74, 6) is -0.632. The Balaban J connectivity index is 2.18. The van der Waals surface area contributed by atoms with Gasteiger partial charge in [0.25, 0.3) is 0 Å². The van der Waals surface area contributed by atoms with Crippen molar-refractivity contribution in [3.63, 3.8) is 0 Å². The lowest BCUT2D eigenvalue weighted by Gasteiger charge is -2.11. The number of hydrogen-bond acceptors (Lipinski definition) is 2. The summed E-state index contributed by atoms with van der Waals surface area (Å²) >= 11 is 0. The van der Waals surface area contributed by atoms with Gasteiger partial charge in [-0.05, 0) is 18.1 Å². The Morgan fingerprint density at radius 1 is 1.28 bits per heavy atom. The first-order chi connectivity index (χ1) is 8.56. The van der Waals surface area contributed by atoms with Gasteiger partial charge in [0.05, 0.1) is 0 Å². The van der Waals surface area contributed by atoms with E-state index < -0.39 is 11.6 Å². The molecule has 1 aromatic heterocycles. The zero-order chi connectivity index (χ0) is 13.1. The summed E-state index contributed by atoms with van der Waals surface area (Å²) in [4.78, 5) is 4.15. The maximum atomic E-state index is 13.1. The number of benzene rings is 1. The molecule has 1 heterocycles. The smallest absolute Gasteiger partial charge is 0.207 e. The molecule has 2 aromatic rings. The highest BCUT2D eigenvalue weighted by molar-refractivity contribution is 5.53. The van der Waals surface area contributed by atoms with Crippen molar-refractivity contribution < 1.29 is 8.78 Å². The number of rotatable bonds is 4. The molecule has 0 aliphatic heterocycles. The van der Waals surface area contributed by atoms with E-state index in [0.29, 0.717) is 17.6 Å². The van der Waals surface area contributed by atoms with E-state index >= 15 is 0 Å². The van der Waals surface area contributed by atoms with Crippen LogP contribution in [0, 0.1) is 17.6 Å². The summed E-state index contributed by atoms with van der Waals surface area (Å²) in [6, 6.07) is 3.68. The zero-order valence-corrected chi connectivity index (χ0v) is 10.3. The number of anilines is 2. The summed E-state index contributed by atoms with van der Waals surface area (Å²) in [7, 11) is 0. The van der Waals surface area contributed by atoms with Gasteiger partial charge in [0.2, 0.25) is 5.95 Å². The van der Waals surface area contributed by atoms with Gasteiger partial charge in [-0.3, -0.25) is 0 Å². The molecule has 0 unspecified atom stereocenters. The van der Waals surface area contributed by atoms with Crippen molar-refractivity contribution in [1.82, 2.24) is 9.55 Å². The second kappa shape index (κ2) is 5.16. The second-order valence-corrected chi connectivity index (χ2v) is 4.55. The molecule has 0 aliphatic rings. The summed E-state index contributed by atoms with van der Waals surface area (Å²) in [6.07, 6.45) is 3.52. The molecule has 2 rings (SSSR count). The predicted octanol–water partition coefficient (Wildman–Crippen LogP) is 3.56. The van der Waals surface area contributed by atoms with Gasteiger partial charge in [0, 0.05) is 30.7 Å². The minimum absolute atomic E-state index is 0.477. The van der Waals surface area contributed by atoms with E-state index in [1.54, 1.807) is 6.20 Å². The van der Waals surface area contributed by atoms with Crippen LogP contribution in [0.5, 0.6) is 0 Å². The molecule has 18 heavy (non-hydrogen) atoms. The summed E-state index contributed by atoms with van der Waals surface area (Å²) in [6.45, 7) is 5.01. The van der Waals surface area contributed by atoms with Crippen molar-refractivity contribution >= 4 is 11.6 Å². The van der Waals surface area contributed by atoms with Gasteiger partial charge in [-0.15, -0.1) is 0 Å². The van der Waals surface area contributed by atoms with E-state index in [9.17, 15) is 8.78 Å². The van der Waals surface area contributed by atoms with E-state index in [1.165, 1.54) is 6.07 Å². The number of nitrogens with zero attached hydrogens (tertiary/aromatic N) is 2. The first kappa shape index (κ1) is 12.5. The van der Waals surface area contributed by atoms with Gasteiger partial charge >= 0.3 is 0 Å². The number of imidazole rings is 1. The van der Waals surface area contributed by atoms with Gasteiger partial charge in [-0.2, -0.15) is 0 Å². The highest BCUT2D eigenvalue weighted by Crippen LogP contribution is 2.18. The van der Waals surface area contributed by atoms with Gasteiger partial charge < -0.3 is 9.88 Å². The van der Waals surface area contributed by atoms with Crippen molar-refractivity contribution in [2.45, 2.75) is 20.4 Å². The normalized spacial score (nSPS) is 10.9. The fourth-order valence-corrected chi connectivity index (χ4v) is 1.68. The molecule has 0 amide bonds. The van der Waals surface area contributed by atoms with E-state index in [1.807, 2.05) is 10.8 Å². The quantitative estimate of drug-likeness (QED) is 0.900. The first-order valence-corrected chi connectivity index (χ1v) is 5.79. The third kappa shape index (κ3) is 2.85. The maximum absolute atomic E-state index is 13.1. The van der Waals surface area contributed by atoms with E-state index in [-0.39, 0.29) is 0 Å². The maximum Gasteiger partial charge on any atom is 0.207 e. The molecule has 0 fully saturated rings. The molecule has 0 atom stereocenters. The number of aromatic nitrogens is 2. The topological polar surface area (TPSA) is 29.9 Å². The summed E-state index contributed by atoms with van der Waals surface area (Å²) in [5, 5.41) is 2.97. The molecule has 0 spiro atoms. The molecule has 96 valence electrons. The predicted molar refractivity (Wildman–Crippen MR) is 66.7 cm³/mol. The highest BCUT2D eigenvalue weighted by Gasteiger charge is 2.07. The monoisotopic (exact) mass is 251 g/mol. The molecule has 0 saturated heterocycles. The highest BCUT2D eigenvalue weighted by atomic mass is 19.2. The Labute approximate surface area is 104 Å². The minimum Gasteiger partial charge on any atom is -0.326 e. The van der Waals surface area contributed by atoms with Crippen LogP contribution in [-0.4, -0.2) is 9.55 Å². The Bertz CT molecular complexity index is 535. The van der Waals surface area contributed by atoms with Crippen LogP contribution >= 0.6 is 0 Å². The average molecular weight is 251 g/mol. The fourth-order valence-electron chi connectivity index (χ4n) is 1.68. The number of halogens is 2. The van der Waals surface area contributed by atoms with Crippen molar-refractivity contribution in [3.05, 3.63) is 42.2 Å². The van der Waals surface area contributed by atoms with Crippen LogP contribution < -0.4 is 5.32 Å². The molecule has 0 radical (unpaired) electrons. The summed E-state index contributed by atoms with van der Waals surface area (Å²) in [5.41, 5.74) is 0.477. The molecule has 1 N–H and O–H groups in total. The molecule has 3 nitrogen and oxygen atoms in total. The first-order valence-electron chi connectivity index (χ1n) is 5.79. The van der Waals surface area contributed by atoms with Crippen LogP contribution in [0.15, 0.2) is 30.6 Å². The second-order valence-electron chi connectivity index (χ2n) is 4.55. The number of hydrogen-bond donors (Lipinski definition) is 1. The molecule has 5 heteroatoms. The average Bonchev–Trinajstić information content (AvgIpc) is 2.70. The van der Waals surface area contributed by atoms with Gasteiger partial charge in [-0.1, -0.05) is 13.8 Å². The van der Waals surface area contributed by atoms with Crippen LogP contribution in [0.4, 0.5) is 20.4 Å². The van der Waals surface area contributed by atoms with Crippen LogP contribution in [0.3, 0.4) is 0 Å².